The van der Waals surface area contributed by atoms with E-state index in [-0.39, 0.29) is 5.91 Å². The summed E-state index contributed by atoms with van der Waals surface area (Å²) in [5, 5.41) is 2.99. The molecule has 1 fully saturated rings. The van der Waals surface area contributed by atoms with Crippen molar-refractivity contribution in [3.05, 3.63) is 23.8 Å². The number of carbonyl (C=O) groups is 1. The number of amides is 1. The van der Waals surface area contributed by atoms with E-state index >= 15 is 0 Å². The third kappa shape index (κ3) is 3.26. The molecule has 0 aromatic heterocycles. The van der Waals surface area contributed by atoms with E-state index in [0.717, 1.165) is 6.42 Å². The van der Waals surface area contributed by atoms with Crippen LogP contribution in [0.5, 0.6) is 11.5 Å². The molecule has 4 nitrogen and oxygen atoms in total. The van der Waals surface area contributed by atoms with Crippen LogP contribution in [0.15, 0.2) is 18.2 Å². The molecule has 1 aromatic rings. The molecular formula is C15H20BrNO3. The minimum absolute atomic E-state index is 0.147. The van der Waals surface area contributed by atoms with Crippen LogP contribution in [-0.4, -0.2) is 31.5 Å². The van der Waals surface area contributed by atoms with Crippen LogP contribution in [0, 0.1) is 5.92 Å². The molecule has 0 heterocycles. The molecule has 2 rings (SSSR count). The van der Waals surface area contributed by atoms with Gasteiger partial charge in [-0.15, -0.1) is 0 Å². The van der Waals surface area contributed by atoms with E-state index in [9.17, 15) is 4.79 Å². The minimum Gasteiger partial charge on any atom is -0.496 e. The Labute approximate surface area is 128 Å². The van der Waals surface area contributed by atoms with Gasteiger partial charge in [0.05, 0.1) is 14.2 Å². The smallest absolute Gasteiger partial charge is 0.258 e. The Kier molecular flexibility index (Phi) is 5.29. The number of rotatable bonds is 5. The van der Waals surface area contributed by atoms with Gasteiger partial charge in [-0.05, 0) is 30.9 Å². The van der Waals surface area contributed by atoms with Crippen molar-refractivity contribution in [2.75, 3.05) is 20.8 Å². The maximum atomic E-state index is 12.4. The second-order valence-electron chi connectivity index (χ2n) is 4.95. The number of benzene rings is 1. The topological polar surface area (TPSA) is 47.6 Å². The molecule has 0 saturated heterocycles. The standard InChI is InChI=1S/C15H20BrNO3/c1-19-12-7-4-8-13(20-2)14(12)15(18)17-9-10-5-3-6-11(10)16/h4,7-8,10-11H,3,5-6,9H2,1-2H3,(H,17,18). The summed E-state index contributed by atoms with van der Waals surface area (Å²) in [5.41, 5.74) is 0.460. The van der Waals surface area contributed by atoms with Crippen molar-refractivity contribution in [1.29, 1.82) is 0 Å². The Morgan fingerprint density at radius 2 is 1.95 bits per heavy atom. The lowest BCUT2D eigenvalue weighted by molar-refractivity contribution is 0.0941. The Bertz CT molecular complexity index is 456. The molecule has 1 aliphatic carbocycles. The Balaban J connectivity index is 2.08. The molecule has 1 N–H and O–H groups in total. The van der Waals surface area contributed by atoms with E-state index in [1.165, 1.54) is 12.8 Å². The quantitative estimate of drug-likeness (QED) is 0.837. The summed E-state index contributed by atoms with van der Waals surface area (Å²) in [6.45, 7) is 0.677. The molecule has 1 amide bonds. The molecule has 5 heteroatoms. The number of ether oxygens (including phenoxy) is 2. The Hall–Kier alpha value is -1.23. The van der Waals surface area contributed by atoms with Gasteiger partial charge < -0.3 is 14.8 Å². The molecule has 2 atom stereocenters. The SMILES string of the molecule is COc1cccc(OC)c1C(=O)NCC1CCCC1Br. The second kappa shape index (κ2) is 6.97. The summed E-state index contributed by atoms with van der Waals surface area (Å²) in [6.07, 6.45) is 3.55. The van der Waals surface area contributed by atoms with E-state index in [1.54, 1.807) is 32.4 Å². The number of hydrogen-bond acceptors (Lipinski definition) is 3. The average Bonchev–Trinajstić information content (AvgIpc) is 2.89. The van der Waals surface area contributed by atoms with Crippen molar-refractivity contribution in [1.82, 2.24) is 5.32 Å². The predicted octanol–water partition coefficient (Wildman–Crippen LogP) is 3.00. The van der Waals surface area contributed by atoms with Crippen LogP contribution < -0.4 is 14.8 Å². The van der Waals surface area contributed by atoms with Crippen LogP contribution >= 0.6 is 15.9 Å². The molecule has 0 spiro atoms. The zero-order chi connectivity index (χ0) is 14.5. The zero-order valence-corrected chi connectivity index (χ0v) is 13.4. The Morgan fingerprint density at radius 1 is 1.30 bits per heavy atom. The second-order valence-corrected chi connectivity index (χ2v) is 6.13. The molecule has 1 saturated carbocycles. The fourth-order valence-corrected chi connectivity index (χ4v) is 3.38. The van der Waals surface area contributed by atoms with Crippen molar-refractivity contribution in [2.45, 2.75) is 24.1 Å². The first kappa shape index (κ1) is 15.2. The zero-order valence-electron chi connectivity index (χ0n) is 11.8. The van der Waals surface area contributed by atoms with Gasteiger partial charge in [0, 0.05) is 11.4 Å². The molecule has 20 heavy (non-hydrogen) atoms. The van der Waals surface area contributed by atoms with E-state index in [2.05, 4.69) is 21.2 Å². The third-order valence-electron chi connectivity index (χ3n) is 3.75. The summed E-state index contributed by atoms with van der Waals surface area (Å²) in [6, 6.07) is 5.33. The number of halogens is 1. The average molecular weight is 342 g/mol. The Morgan fingerprint density at radius 3 is 2.45 bits per heavy atom. The summed E-state index contributed by atoms with van der Waals surface area (Å²) < 4.78 is 10.5. The van der Waals surface area contributed by atoms with Crippen molar-refractivity contribution < 1.29 is 14.3 Å². The lowest BCUT2D eigenvalue weighted by Crippen LogP contribution is -2.31. The van der Waals surface area contributed by atoms with Crippen molar-refractivity contribution in [2.24, 2.45) is 5.92 Å². The summed E-state index contributed by atoms with van der Waals surface area (Å²) in [7, 11) is 3.11. The van der Waals surface area contributed by atoms with Gasteiger partial charge >= 0.3 is 0 Å². The third-order valence-corrected chi connectivity index (χ3v) is 4.95. The van der Waals surface area contributed by atoms with Gasteiger partial charge in [-0.25, -0.2) is 0 Å². The van der Waals surface area contributed by atoms with Crippen LogP contribution in [0.3, 0.4) is 0 Å². The van der Waals surface area contributed by atoms with Crippen LogP contribution in [0.25, 0.3) is 0 Å². The highest BCUT2D eigenvalue weighted by molar-refractivity contribution is 9.09. The molecule has 2 unspecified atom stereocenters. The van der Waals surface area contributed by atoms with Gasteiger partial charge in [0.15, 0.2) is 0 Å². The molecule has 1 aliphatic rings. The maximum absolute atomic E-state index is 12.4. The van der Waals surface area contributed by atoms with Gasteiger partial charge in [-0.1, -0.05) is 28.4 Å². The highest BCUT2D eigenvalue weighted by atomic mass is 79.9. The molecule has 0 bridgehead atoms. The lowest BCUT2D eigenvalue weighted by Gasteiger charge is -2.17. The largest absolute Gasteiger partial charge is 0.496 e. The van der Waals surface area contributed by atoms with Gasteiger partial charge in [0.25, 0.3) is 5.91 Å². The van der Waals surface area contributed by atoms with Gasteiger partial charge in [-0.3, -0.25) is 4.79 Å². The molecular weight excluding hydrogens is 322 g/mol. The van der Waals surface area contributed by atoms with E-state index < -0.39 is 0 Å². The van der Waals surface area contributed by atoms with Gasteiger partial charge in [0.1, 0.15) is 17.1 Å². The highest BCUT2D eigenvalue weighted by Gasteiger charge is 2.26. The number of hydrogen-bond donors (Lipinski definition) is 1. The van der Waals surface area contributed by atoms with E-state index in [0.29, 0.717) is 34.4 Å². The molecule has 0 radical (unpaired) electrons. The number of alkyl halides is 1. The normalized spacial score (nSPS) is 21.6. The number of nitrogens with one attached hydrogen (secondary N) is 1. The molecule has 110 valence electrons. The van der Waals surface area contributed by atoms with Crippen molar-refractivity contribution >= 4 is 21.8 Å². The van der Waals surface area contributed by atoms with E-state index in [4.69, 9.17) is 9.47 Å². The fraction of sp³-hybridized carbons (Fsp3) is 0.533. The minimum atomic E-state index is -0.147. The van der Waals surface area contributed by atoms with Gasteiger partial charge in [-0.2, -0.15) is 0 Å². The first-order valence-electron chi connectivity index (χ1n) is 6.80. The predicted molar refractivity (Wildman–Crippen MR) is 81.9 cm³/mol. The van der Waals surface area contributed by atoms with Crippen molar-refractivity contribution in [3.63, 3.8) is 0 Å². The summed E-state index contributed by atoms with van der Waals surface area (Å²) in [4.78, 5) is 12.9. The summed E-state index contributed by atoms with van der Waals surface area (Å²) in [5.74, 6) is 1.41. The van der Waals surface area contributed by atoms with E-state index in [1.807, 2.05) is 0 Å². The molecule has 1 aromatic carbocycles. The number of methoxy groups -OCH3 is 2. The first-order chi connectivity index (χ1) is 9.67. The first-order valence-corrected chi connectivity index (χ1v) is 7.72. The monoisotopic (exact) mass is 341 g/mol. The van der Waals surface area contributed by atoms with Crippen molar-refractivity contribution in [3.8, 4) is 11.5 Å². The lowest BCUT2D eigenvalue weighted by atomic mass is 10.1. The van der Waals surface area contributed by atoms with Crippen LogP contribution in [-0.2, 0) is 0 Å². The number of carbonyl (C=O) groups excluding carboxylic acids is 1. The maximum Gasteiger partial charge on any atom is 0.258 e. The molecule has 0 aliphatic heterocycles. The summed E-state index contributed by atoms with van der Waals surface area (Å²) >= 11 is 3.67. The van der Waals surface area contributed by atoms with Gasteiger partial charge in [0.2, 0.25) is 0 Å². The van der Waals surface area contributed by atoms with Crippen LogP contribution in [0.1, 0.15) is 29.6 Å². The fourth-order valence-electron chi connectivity index (χ4n) is 2.61. The highest BCUT2D eigenvalue weighted by Crippen LogP contribution is 2.32. The van der Waals surface area contributed by atoms with Crippen LogP contribution in [0.4, 0.5) is 0 Å². The van der Waals surface area contributed by atoms with Crippen LogP contribution in [0.2, 0.25) is 0 Å².